The molecule has 1 atom stereocenters. The van der Waals surface area contributed by atoms with Gasteiger partial charge in [-0.25, -0.2) is 9.78 Å². The standard InChI is InChI=1S/C18H20N6O2/c1-23-17(25)12(10-20-18(23)26)5-8-24-9-6-13-15(22-11-21-13)16(24)14-4-2-3-7-19-14/h2-4,7,10-11,16H,5-6,8-9H2,1H3,(H,20,26)(H,21,22)/t16-/m0/s1. The van der Waals surface area contributed by atoms with Crippen LogP contribution in [0.25, 0.3) is 0 Å². The smallest absolute Gasteiger partial charge is 0.328 e. The summed E-state index contributed by atoms with van der Waals surface area (Å²) in [5.74, 6) is 0. The first kappa shape index (κ1) is 16.5. The lowest BCUT2D eigenvalue weighted by atomic mass is 9.98. The Morgan fingerprint density at radius 2 is 2.12 bits per heavy atom. The van der Waals surface area contributed by atoms with E-state index < -0.39 is 5.69 Å². The summed E-state index contributed by atoms with van der Waals surface area (Å²) in [6.07, 6.45) is 6.45. The normalized spacial score (nSPS) is 17.2. The van der Waals surface area contributed by atoms with Crippen LogP contribution in [0, 0.1) is 0 Å². The summed E-state index contributed by atoms with van der Waals surface area (Å²) in [6, 6.07) is 5.82. The van der Waals surface area contributed by atoms with Gasteiger partial charge < -0.3 is 9.97 Å². The summed E-state index contributed by atoms with van der Waals surface area (Å²) in [5.41, 5.74) is 3.01. The monoisotopic (exact) mass is 352 g/mol. The number of nitrogens with one attached hydrogen (secondary N) is 2. The van der Waals surface area contributed by atoms with E-state index in [0.29, 0.717) is 18.5 Å². The average molecular weight is 352 g/mol. The number of aromatic nitrogens is 5. The highest BCUT2D eigenvalue weighted by Gasteiger charge is 2.31. The lowest BCUT2D eigenvalue weighted by molar-refractivity contribution is 0.208. The zero-order valence-corrected chi connectivity index (χ0v) is 14.5. The number of hydrogen-bond acceptors (Lipinski definition) is 5. The van der Waals surface area contributed by atoms with Gasteiger partial charge in [0.15, 0.2) is 0 Å². The summed E-state index contributed by atoms with van der Waals surface area (Å²) in [6.45, 7) is 1.52. The molecule has 3 aromatic rings. The Kier molecular flexibility index (Phi) is 4.26. The molecule has 0 radical (unpaired) electrons. The van der Waals surface area contributed by atoms with Crippen molar-refractivity contribution in [1.82, 2.24) is 29.4 Å². The number of fused-ring (bicyclic) bond motifs is 1. The highest BCUT2D eigenvalue weighted by Crippen LogP contribution is 2.31. The maximum absolute atomic E-state index is 12.3. The van der Waals surface area contributed by atoms with Crippen molar-refractivity contribution < 1.29 is 0 Å². The van der Waals surface area contributed by atoms with Gasteiger partial charge in [-0.3, -0.25) is 19.2 Å². The lowest BCUT2D eigenvalue weighted by Crippen LogP contribution is -2.40. The van der Waals surface area contributed by atoms with Crippen LogP contribution in [0.1, 0.15) is 28.7 Å². The second-order valence-corrected chi connectivity index (χ2v) is 6.44. The third-order valence-electron chi connectivity index (χ3n) is 4.91. The fourth-order valence-corrected chi connectivity index (χ4v) is 3.49. The first-order chi connectivity index (χ1) is 12.6. The van der Waals surface area contributed by atoms with Crippen LogP contribution < -0.4 is 11.2 Å². The van der Waals surface area contributed by atoms with Gasteiger partial charge in [0.2, 0.25) is 0 Å². The quantitative estimate of drug-likeness (QED) is 0.707. The molecule has 8 heteroatoms. The van der Waals surface area contributed by atoms with Crippen molar-refractivity contribution in [3.05, 3.63) is 80.4 Å². The van der Waals surface area contributed by atoms with E-state index in [4.69, 9.17) is 0 Å². The van der Waals surface area contributed by atoms with E-state index in [1.54, 1.807) is 12.5 Å². The first-order valence-electron chi connectivity index (χ1n) is 8.60. The van der Waals surface area contributed by atoms with Crippen LogP contribution in [0.2, 0.25) is 0 Å². The van der Waals surface area contributed by atoms with Gasteiger partial charge in [0.25, 0.3) is 5.56 Å². The van der Waals surface area contributed by atoms with Gasteiger partial charge in [0.1, 0.15) is 0 Å². The number of nitrogens with zero attached hydrogens (tertiary/aromatic N) is 4. The largest absolute Gasteiger partial charge is 0.348 e. The van der Waals surface area contributed by atoms with Gasteiger partial charge in [0.05, 0.1) is 23.8 Å². The zero-order valence-electron chi connectivity index (χ0n) is 14.5. The van der Waals surface area contributed by atoms with E-state index in [0.717, 1.165) is 34.6 Å². The van der Waals surface area contributed by atoms with Crippen molar-refractivity contribution in [3.8, 4) is 0 Å². The van der Waals surface area contributed by atoms with Crippen LogP contribution in [0.3, 0.4) is 0 Å². The lowest BCUT2D eigenvalue weighted by Gasteiger charge is -2.34. The van der Waals surface area contributed by atoms with E-state index in [-0.39, 0.29) is 11.6 Å². The summed E-state index contributed by atoms with van der Waals surface area (Å²) in [4.78, 5) is 40.9. The van der Waals surface area contributed by atoms with Gasteiger partial charge in [-0.1, -0.05) is 6.07 Å². The van der Waals surface area contributed by atoms with Crippen LogP contribution in [0.5, 0.6) is 0 Å². The Bertz CT molecular complexity index is 1020. The van der Waals surface area contributed by atoms with E-state index in [2.05, 4.69) is 24.8 Å². The first-order valence-corrected chi connectivity index (χ1v) is 8.60. The highest BCUT2D eigenvalue weighted by atomic mass is 16.2. The average Bonchev–Trinajstić information content (AvgIpc) is 3.14. The summed E-state index contributed by atoms with van der Waals surface area (Å²) in [5, 5.41) is 0. The number of pyridine rings is 1. The number of rotatable bonds is 4. The van der Waals surface area contributed by atoms with Crippen molar-refractivity contribution in [2.24, 2.45) is 7.05 Å². The van der Waals surface area contributed by atoms with E-state index in [1.807, 2.05) is 18.2 Å². The van der Waals surface area contributed by atoms with E-state index in [9.17, 15) is 9.59 Å². The molecule has 1 aliphatic heterocycles. The maximum Gasteiger partial charge on any atom is 0.328 e. The predicted octanol–water partition coefficient (Wildman–Crippen LogP) is 0.382. The molecule has 2 N–H and O–H groups in total. The molecule has 0 amide bonds. The van der Waals surface area contributed by atoms with Gasteiger partial charge in [-0.2, -0.15) is 0 Å². The van der Waals surface area contributed by atoms with Crippen molar-refractivity contribution in [3.63, 3.8) is 0 Å². The molecule has 4 rings (SSSR count). The van der Waals surface area contributed by atoms with Crippen LogP contribution >= 0.6 is 0 Å². The second kappa shape index (κ2) is 6.72. The van der Waals surface area contributed by atoms with Crippen LogP contribution in [-0.2, 0) is 19.9 Å². The molecular weight excluding hydrogens is 332 g/mol. The molecule has 4 heterocycles. The molecule has 134 valence electrons. The SMILES string of the molecule is Cn1c(=O)[nH]cc(CCN2CCc3[nH]cnc3[C@@H]2c2ccccn2)c1=O. The molecule has 0 unspecified atom stereocenters. The molecule has 0 bridgehead atoms. The predicted molar refractivity (Wildman–Crippen MR) is 96.0 cm³/mol. The summed E-state index contributed by atoms with van der Waals surface area (Å²) in [7, 11) is 1.48. The molecule has 0 fully saturated rings. The minimum atomic E-state index is -0.399. The number of hydrogen-bond donors (Lipinski definition) is 2. The van der Waals surface area contributed by atoms with Gasteiger partial charge in [-0.05, 0) is 18.6 Å². The third kappa shape index (κ3) is 2.88. The Morgan fingerprint density at radius 1 is 1.23 bits per heavy atom. The van der Waals surface area contributed by atoms with Crippen molar-refractivity contribution in [2.45, 2.75) is 18.9 Å². The van der Waals surface area contributed by atoms with Crippen molar-refractivity contribution in [1.29, 1.82) is 0 Å². The van der Waals surface area contributed by atoms with Gasteiger partial charge >= 0.3 is 5.69 Å². The number of imidazole rings is 1. The topological polar surface area (TPSA) is 99.7 Å². The van der Waals surface area contributed by atoms with Crippen LogP contribution in [0.15, 0.2) is 46.5 Å². The van der Waals surface area contributed by atoms with Crippen molar-refractivity contribution in [2.75, 3.05) is 13.1 Å². The molecule has 0 saturated heterocycles. The molecular formula is C18H20N6O2. The fourth-order valence-electron chi connectivity index (χ4n) is 3.49. The maximum atomic E-state index is 12.3. The van der Waals surface area contributed by atoms with Gasteiger partial charge in [-0.15, -0.1) is 0 Å². The van der Waals surface area contributed by atoms with E-state index >= 15 is 0 Å². The minimum Gasteiger partial charge on any atom is -0.348 e. The molecule has 3 aromatic heterocycles. The summed E-state index contributed by atoms with van der Waals surface area (Å²) >= 11 is 0. The Balaban J connectivity index is 1.62. The van der Waals surface area contributed by atoms with Gasteiger partial charge in [0, 0.05) is 50.2 Å². The molecule has 0 saturated carbocycles. The Morgan fingerprint density at radius 3 is 2.92 bits per heavy atom. The number of H-pyrrole nitrogens is 2. The molecule has 1 aliphatic rings. The second-order valence-electron chi connectivity index (χ2n) is 6.44. The van der Waals surface area contributed by atoms with Crippen LogP contribution in [0.4, 0.5) is 0 Å². The Hall–Kier alpha value is -3.00. The van der Waals surface area contributed by atoms with Crippen LogP contribution in [-0.4, -0.2) is 42.5 Å². The fraction of sp³-hybridized carbons (Fsp3) is 0.333. The summed E-state index contributed by atoms with van der Waals surface area (Å²) < 4.78 is 1.10. The minimum absolute atomic E-state index is 0.0437. The molecule has 26 heavy (non-hydrogen) atoms. The molecule has 8 nitrogen and oxygen atoms in total. The molecule has 0 aromatic carbocycles. The molecule has 0 aliphatic carbocycles. The number of aromatic amines is 2. The van der Waals surface area contributed by atoms with E-state index in [1.165, 1.54) is 13.2 Å². The highest BCUT2D eigenvalue weighted by molar-refractivity contribution is 5.28. The van der Waals surface area contributed by atoms with Crippen molar-refractivity contribution >= 4 is 0 Å². The zero-order chi connectivity index (χ0) is 18.1. The Labute approximate surface area is 149 Å². The molecule has 0 spiro atoms. The third-order valence-corrected chi connectivity index (χ3v) is 4.91.